The Labute approximate surface area is 249 Å². The highest BCUT2D eigenvalue weighted by molar-refractivity contribution is 7.90. The molecular formula is C32H43N3O6S. The van der Waals surface area contributed by atoms with Crippen LogP contribution in [0.2, 0.25) is 0 Å². The average molecular weight is 598 g/mol. The van der Waals surface area contributed by atoms with Crippen LogP contribution in [0.1, 0.15) is 78.2 Å². The van der Waals surface area contributed by atoms with Gasteiger partial charge in [-0.2, -0.15) is 10.1 Å². The van der Waals surface area contributed by atoms with Gasteiger partial charge in [0.25, 0.3) is 5.91 Å². The molecule has 0 aliphatic carbocycles. The zero-order chi connectivity index (χ0) is 31.1. The highest BCUT2D eigenvalue weighted by Crippen LogP contribution is 2.36. The van der Waals surface area contributed by atoms with Crippen LogP contribution < -0.4 is 10.3 Å². The molecule has 0 saturated heterocycles. The number of hydrazone groups is 1. The number of unbranched alkanes of at least 4 members (excludes halogenated alkanes) is 1. The number of sulfone groups is 1. The predicted molar refractivity (Wildman–Crippen MR) is 164 cm³/mol. The molecule has 9 nitrogen and oxygen atoms in total. The Morgan fingerprint density at radius 1 is 1.10 bits per heavy atom. The minimum Gasteiger partial charge on any atom is -0.465 e. The molecule has 10 heteroatoms. The van der Waals surface area contributed by atoms with Crippen molar-refractivity contribution in [2.24, 2.45) is 22.4 Å². The topological polar surface area (TPSA) is 122 Å². The van der Waals surface area contributed by atoms with Crippen LogP contribution in [0.5, 0.6) is 0 Å². The first kappa shape index (κ1) is 33.0. The third kappa shape index (κ3) is 8.06. The van der Waals surface area contributed by atoms with Crippen molar-refractivity contribution in [2.75, 3.05) is 17.9 Å². The lowest BCUT2D eigenvalue weighted by Crippen LogP contribution is -2.45. The number of esters is 1. The van der Waals surface area contributed by atoms with Gasteiger partial charge in [-0.3, -0.25) is 14.4 Å². The van der Waals surface area contributed by atoms with Gasteiger partial charge in [-0.15, -0.1) is 0 Å². The smallest absolute Gasteiger partial charge is 0.308 e. The van der Waals surface area contributed by atoms with E-state index in [2.05, 4.69) is 17.3 Å². The number of carbonyl (C=O) groups is 3. The van der Waals surface area contributed by atoms with Gasteiger partial charge in [0, 0.05) is 11.7 Å². The van der Waals surface area contributed by atoms with Gasteiger partial charge in [-0.05, 0) is 68.4 Å². The molecule has 4 atom stereocenters. The zero-order valence-corrected chi connectivity index (χ0v) is 26.2. The van der Waals surface area contributed by atoms with E-state index in [0.29, 0.717) is 25.1 Å². The van der Waals surface area contributed by atoms with Crippen LogP contribution in [-0.4, -0.2) is 44.9 Å². The molecule has 1 aliphatic heterocycles. The van der Waals surface area contributed by atoms with E-state index >= 15 is 0 Å². The molecule has 2 aromatic rings. The molecule has 0 spiro atoms. The van der Waals surface area contributed by atoms with Crippen LogP contribution in [0, 0.1) is 17.3 Å². The first-order chi connectivity index (χ1) is 19.8. The Kier molecular flexibility index (Phi) is 11.1. The molecule has 0 saturated carbocycles. The lowest BCUT2D eigenvalue weighted by molar-refractivity contribution is -0.151. The molecule has 228 valence electrons. The molecule has 0 aromatic heterocycles. The monoisotopic (exact) mass is 597 g/mol. The van der Waals surface area contributed by atoms with E-state index in [1.165, 1.54) is 29.3 Å². The normalized spacial score (nSPS) is 18.1. The predicted octanol–water partition coefficient (Wildman–Crippen LogP) is 5.46. The van der Waals surface area contributed by atoms with Gasteiger partial charge in [0.1, 0.15) is 5.84 Å². The van der Waals surface area contributed by atoms with Gasteiger partial charge in [0.15, 0.2) is 9.84 Å². The minimum absolute atomic E-state index is 0.0820. The molecule has 0 fully saturated rings. The molecule has 3 rings (SSSR count). The number of amidine groups is 1. The number of nitrogens with zero attached hydrogens (tertiary/aromatic N) is 2. The maximum Gasteiger partial charge on any atom is 0.308 e. The molecule has 4 unspecified atom stereocenters. The van der Waals surface area contributed by atoms with E-state index in [-0.39, 0.29) is 40.9 Å². The third-order valence-corrected chi connectivity index (χ3v) is 9.18. The van der Waals surface area contributed by atoms with Gasteiger partial charge in [-0.25, -0.2) is 8.42 Å². The number of amides is 2. The van der Waals surface area contributed by atoms with Gasteiger partial charge >= 0.3 is 5.97 Å². The van der Waals surface area contributed by atoms with E-state index in [4.69, 9.17) is 4.74 Å². The Hall–Kier alpha value is -3.53. The second kappa shape index (κ2) is 14.1. The van der Waals surface area contributed by atoms with Crippen molar-refractivity contribution in [2.45, 2.75) is 77.5 Å². The van der Waals surface area contributed by atoms with Crippen LogP contribution >= 0.6 is 0 Å². The minimum atomic E-state index is -3.39. The first-order valence-electron chi connectivity index (χ1n) is 14.6. The zero-order valence-electron chi connectivity index (χ0n) is 25.4. The maximum atomic E-state index is 13.7. The SMILES string of the molecule is CCCCOC(=O)C(CC(C)c1ccccc1)CC(C)(CC)C(=O)NC1=NN(c2ccc(S(C)(=O)=O)cc2)C(=O)C1C. The summed E-state index contributed by atoms with van der Waals surface area (Å²) >= 11 is 0. The molecule has 1 heterocycles. The van der Waals surface area contributed by atoms with Crippen LogP contribution in [0.25, 0.3) is 0 Å². The van der Waals surface area contributed by atoms with E-state index < -0.39 is 27.1 Å². The van der Waals surface area contributed by atoms with Gasteiger partial charge in [0.2, 0.25) is 5.91 Å². The van der Waals surface area contributed by atoms with E-state index in [1.54, 1.807) is 6.92 Å². The Morgan fingerprint density at radius 3 is 2.31 bits per heavy atom. The average Bonchev–Trinajstić information content (AvgIpc) is 3.25. The molecule has 1 aliphatic rings. The van der Waals surface area contributed by atoms with Crippen LogP contribution in [0.3, 0.4) is 0 Å². The number of hydrogen-bond acceptors (Lipinski definition) is 7. The van der Waals surface area contributed by atoms with Crippen molar-refractivity contribution >= 4 is 39.1 Å². The highest BCUT2D eigenvalue weighted by atomic mass is 32.2. The van der Waals surface area contributed by atoms with Crippen LogP contribution in [-0.2, 0) is 29.0 Å². The lowest BCUT2D eigenvalue weighted by Gasteiger charge is -2.31. The number of hydrogen-bond donors (Lipinski definition) is 1. The fourth-order valence-electron chi connectivity index (χ4n) is 4.95. The summed E-state index contributed by atoms with van der Waals surface area (Å²) in [5.74, 6) is -1.89. The van der Waals surface area contributed by atoms with E-state index in [9.17, 15) is 22.8 Å². The number of nitrogens with one attached hydrogen (secondary N) is 1. The Morgan fingerprint density at radius 2 is 1.74 bits per heavy atom. The fraction of sp³-hybridized carbons (Fsp3) is 0.500. The van der Waals surface area contributed by atoms with Crippen molar-refractivity contribution in [3.63, 3.8) is 0 Å². The molecule has 42 heavy (non-hydrogen) atoms. The number of ether oxygens (including phenoxy) is 1. The third-order valence-electron chi connectivity index (χ3n) is 8.06. The summed E-state index contributed by atoms with van der Waals surface area (Å²) in [6.07, 6.45) is 4.07. The van der Waals surface area contributed by atoms with Gasteiger partial charge < -0.3 is 10.1 Å². The van der Waals surface area contributed by atoms with Crippen molar-refractivity contribution in [1.82, 2.24) is 5.32 Å². The molecule has 2 amide bonds. The van der Waals surface area contributed by atoms with Gasteiger partial charge in [0.05, 0.1) is 29.0 Å². The summed E-state index contributed by atoms with van der Waals surface area (Å²) in [6.45, 7) is 9.84. The van der Waals surface area contributed by atoms with E-state index in [0.717, 1.165) is 24.7 Å². The van der Waals surface area contributed by atoms with Crippen LogP contribution in [0.4, 0.5) is 5.69 Å². The Bertz CT molecular complexity index is 1390. The lowest BCUT2D eigenvalue weighted by atomic mass is 9.75. The second-order valence-corrected chi connectivity index (χ2v) is 13.5. The quantitative estimate of drug-likeness (QED) is 0.242. The number of carbonyl (C=O) groups excluding carboxylic acids is 3. The van der Waals surface area contributed by atoms with E-state index in [1.807, 2.05) is 51.1 Å². The van der Waals surface area contributed by atoms with Crippen molar-refractivity contribution in [1.29, 1.82) is 0 Å². The maximum absolute atomic E-state index is 13.7. The summed E-state index contributed by atoms with van der Waals surface area (Å²) in [6, 6.07) is 15.8. The Balaban J connectivity index is 1.80. The molecule has 0 bridgehead atoms. The summed E-state index contributed by atoms with van der Waals surface area (Å²) in [7, 11) is -3.39. The van der Waals surface area contributed by atoms with Crippen molar-refractivity contribution in [3.8, 4) is 0 Å². The summed E-state index contributed by atoms with van der Waals surface area (Å²) in [5.41, 5.74) is 0.580. The molecule has 1 N–H and O–H groups in total. The fourth-order valence-corrected chi connectivity index (χ4v) is 5.58. The summed E-state index contributed by atoms with van der Waals surface area (Å²) < 4.78 is 29.2. The molecule has 2 aromatic carbocycles. The van der Waals surface area contributed by atoms with Crippen LogP contribution in [0.15, 0.2) is 64.6 Å². The van der Waals surface area contributed by atoms with Crippen molar-refractivity contribution in [3.05, 3.63) is 60.2 Å². The summed E-state index contributed by atoms with van der Waals surface area (Å²) in [4.78, 5) is 40.2. The molecule has 0 radical (unpaired) electrons. The number of anilines is 1. The number of rotatable bonds is 13. The highest BCUT2D eigenvalue weighted by Gasteiger charge is 2.41. The van der Waals surface area contributed by atoms with Crippen molar-refractivity contribution < 1.29 is 27.5 Å². The largest absolute Gasteiger partial charge is 0.465 e. The first-order valence-corrected chi connectivity index (χ1v) is 16.5. The summed E-state index contributed by atoms with van der Waals surface area (Å²) in [5, 5.41) is 8.42. The second-order valence-electron chi connectivity index (χ2n) is 11.5. The number of benzene rings is 2. The standard InChI is InChI=1S/C32H43N3O6S/c1-7-9-19-41-30(37)25(20-22(3)24-13-11-10-12-14-24)21-32(5,8-2)31(38)33-28-23(4)29(36)35(34-28)26-15-17-27(18-16-26)42(6,39)40/h10-18,22-23,25H,7-9,19-21H2,1-6H3,(H,33,34,38). The van der Waals surface area contributed by atoms with Gasteiger partial charge in [-0.1, -0.05) is 64.4 Å². The molecular weight excluding hydrogens is 554 g/mol.